The fourth-order valence-corrected chi connectivity index (χ4v) is 0. The molecular formula is H6LiMgO4P. The molecule has 0 unspecified atom stereocenters. The maximum atomic E-state index is 8.88. The predicted molar refractivity (Wildman–Crippen MR) is 23.4 cm³/mol. The van der Waals surface area contributed by atoms with Gasteiger partial charge in [0.2, 0.25) is 0 Å². The Balaban J connectivity index is -0.00000000800. The quantitative estimate of drug-likeness (QED) is 0.232. The summed E-state index contributed by atoms with van der Waals surface area (Å²) < 4.78 is 8.88. The summed E-state index contributed by atoms with van der Waals surface area (Å²) >= 11 is 0. The van der Waals surface area contributed by atoms with Gasteiger partial charge in [0.1, 0.15) is 0 Å². The van der Waals surface area contributed by atoms with E-state index in [1.165, 1.54) is 0 Å². The van der Waals surface area contributed by atoms with Gasteiger partial charge in [-0.25, -0.2) is 4.57 Å². The fourth-order valence-electron chi connectivity index (χ4n) is 0. The van der Waals surface area contributed by atoms with E-state index in [9.17, 15) is 0 Å². The number of rotatable bonds is 0. The number of phosphoric acid groups is 1. The molecule has 0 aliphatic rings. The predicted octanol–water partition coefficient (Wildman–Crippen LogP) is -3.97. The minimum absolute atomic E-state index is 0. The third-order valence-corrected chi connectivity index (χ3v) is 0. The first-order valence-corrected chi connectivity index (χ1v) is 2.35. The van der Waals surface area contributed by atoms with Crippen molar-refractivity contribution >= 4 is 30.9 Å². The van der Waals surface area contributed by atoms with E-state index in [0.717, 1.165) is 0 Å². The molecule has 0 bridgehead atoms. The molecule has 7 heteroatoms. The smallest absolute Gasteiger partial charge is 1.00 e. The molecule has 0 rings (SSSR count). The summed E-state index contributed by atoms with van der Waals surface area (Å²) in [5.41, 5.74) is 0. The van der Waals surface area contributed by atoms with Crippen molar-refractivity contribution in [2.75, 3.05) is 0 Å². The summed E-state index contributed by atoms with van der Waals surface area (Å²) in [6.07, 6.45) is 0. The molecule has 0 fully saturated rings. The van der Waals surface area contributed by atoms with Crippen molar-refractivity contribution in [3.05, 3.63) is 0 Å². The van der Waals surface area contributed by atoms with Crippen LogP contribution in [0.1, 0.15) is 4.28 Å². The molecule has 0 aromatic carbocycles. The van der Waals surface area contributed by atoms with Crippen molar-refractivity contribution in [2.24, 2.45) is 0 Å². The van der Waals surface area contributed by atoms with Gasteiger partial charge in [0.15, 0.2) is 0 Å². The van der Waals surface area contributed by atoms with Crippen LogP contribution in [-0.4, -0.2) is 37.7 Å². The van der Waals surface area contributed by atoms with E-state index >= 15 is 0 Å². The third-order valence-electron chi connectivity index (χ3n) is 0. The van der Waals surface area contributed by atoms with Crippen LogP contribution >= 0.6 is 7.82 Å². The summed E-state index contributed by atoms with van der Waals surface area (Å²) in [5, 5.41) is 0. The van der Waals surface area contributed by atoms with Gasteiger partial charge in [0.25, 0.3) is 0 Å². The summed E-state index contributed by atoms with van der Waals surface area (Å²) in [5.74, 6) is 0. The van der Waals surface area contributed by atoms with E-state index in [0.29, 0.717) is 0 Å². The van der Waals surface area contributed by atoms with Gasteiger partial charge < -0.3 is 19.0 Å². The molecular weight excluding hydrogens is 126 g/mol. The second-order valence-corrected chi connectivity index (χ2v) is 1.54. The van der Waals surface area contributed by atoms with Crippen LogP contribution in [0, 0.1) is 0 Å². The molecule has 0 saturated carbocycles. The molecule has 38 valence electrons. The van der Waals surface area contributed by atoms with Gasteiger partial charge in [-0.1, -0.05) is 0 Å². The summed E-state index contributed by atoms with van der Waals surface area (Å²) in [7, 11) is -4.64. The standard InChI is InChI=1S/Li.Mg.H3O4P.3H/c;;1-5(2,3)4;;;/h;;(H3,1,2,3,4);;;/q+1;+2;;3*-1. The van der Waals surface area contributed by atoms with Crippen LogP contribution in [0.25, 0.3) is 0 Å². The molecule has 0 spiro atoms. The number of hydrogen-bond donors (Lipinski definition) is 3. The molecule has 0 aliphatic carbocycles. The van der Waals surface area contributed by atoms with Gasteiger partial charge in [-0.05, 0) is 0 Å². The summed E-state index contributed by atoms with van der Waals surface area (Å²) in [6, 6.07) is 0. The fraction of sp³-hybridized carbons (Fsp3) is 0. The van der Waals surface area contributed by atoms with Crippen LogP contribution in [0.15, 0.2) is 0 Å². The zero-order valence-corrected chi connectivity index (χ0v) is 6.21. The molecule has 0 radical (unpaired) electrons. The Morgan fingerprint density at radius 2 is 1.29 bits per heavy atom. The van der Waals surface area contributed by atoms with Gasteiger partial charge in [-0.15, -0.1) is 0 Å². The van der Waals surface area contributed by atoms with E-state index in [-0.39, 0.29) is 46.2 Å². The Hall–Kier alpha value is 1.47. The van der Waals surface area contributed by atoms with Crippen molar-refractivity contribution in [3.63, 3.8) is 0 Å². The minimum atomic E-state index is -4.64. The van der Waals surface area contributed by atoms with Crippen molar-refractivity contribution in [2.45, 2.75) is 0 Å². The second kappa shape index (κ2) is 5.61. The van der Waals surface area contributed by atoms with Crippen molar-refractivity contribution in [1.82, 2.24) is 0 Å². The van der Waals surface area contributed by atoms with E-state index in [1.807, 2.05) is 0 Å². The van der Waals surface area contributed by atoms with Gasteiger partial charge >= 0.3 is 49.7 Å². The first-order valence-electron chi connectivity index (χ1n) is 0.783. The molecule has 0 aliphatic heterocycles. The molecule has 7 heavy (non-hydrogen) atoms. The average molecular weight is 132 g/mol. The summed E-state index contributed by atoms with van der Waals surface area (Å²) in [6.45, 7) is 0. The topological polar surface area (TPSA) is 77.8 Å². The van der Waals surface area contributed by atoms with Gasteiger partial charge in [0.05, 0.1) is 0 Å². The minimum Gasteiger partial charge on any atom is -1.00 e. The first-order chi connectivity index (χ1) is 2.00. The Bertz CT molecular complexity index is 66.6. The van der Waals surface area contributed by atoms with Crippen LogP contribution in [0.2, 0.25) is 0 Å². The van der Waals surface area contributed by atoms with Crippen LogP contribution in [0.3, 0.4) is 0 Å². The van der Waals surface area contributed by atoms with Crippen LogP contribution in [-0.2, 0) is 4.57 Å². The molecule has 0 aromatic rings. The zero-order chi connectivity index (χ0) is 4.50. The molecule has 0 heterocycles. The van der Waals surface area contributed by atoms with Crippen molar-refractivity contribution in [1.29, 1.82) is 0 Å². The van der Waals surface area contributed by atoms with Crippen LogP contribution < -0.4 is 18.9 Å². The maximum Gasteiger partial charge on any atom is 2.00 e. The van der Waals surface area contributed by atoms with E-state index in [2.05, 4.69) is 0 Å². The molecule has 4 nitrogen and oxygen atoms in total. The summed E-state index contributed by atoms with van der Waals surface area (Å²) in [4.78, 5) is 21.6. The van der Waals surface area contributed by atoms with Crippen LogP contribution in [0.4, 0.5) is 0 Å². The van der Waals surface area contributed by atoms with E-state index in [4.69, 9.17) is 19.2 Å². The van der Waals surface area contributed by atoms with E-state index < -0.39 is 7.82 Å². The Morgan fingerprint density at radius 1 is 1.29 bits per heavy atom. The average Bonchev–Trinajstić information content (AvgIpc) is 0.722. The number of hydrogen-bond acceptors (Lipinski definition) is 1. The van der Waals surface area contributed by atoms with Crippen LogP contribution in [0.5, 0.6) is 0 Å². The van der Waals surface area contributed by atoms with Gasteiger partial charge in [0, 0.05) is 0 Å². The third kappa shape index (κ3) is 103. The molecule has 0 atom stereocenters. The van der Waals surface area contributed by atoms with Gasteiger partial charge in [-0.2, -0.15) is 0 Å². The zero-order valence-electron chi connectivity index (χ0n) is 6.90. The Kier molecular flexibility index (Phi) is 12.7. The SMILES string of the molecule is O=P(O)(O)O.[H-].[H-].[H-].[Li+].[Mg+2]. The second-order valence-electron chi connectivity index (χ2n) is 0.513. The van der Waals surface area contributed by atoms with Gasteiger partial charge in [-0.3, -0.25) is 0 Å². The first kappa shape index (κ1) is 15.8. The molecule has 0 saturated heterocycles. The normalized spacial score (nSPS) is 8.43. The molecule has 0 amide bonds. The Labute approximate surface area is 73.3 Å². The molecule has 0 aromatic heterocycles. The monoisotopic (exact) mass is 132 g/mol. The Morgan fingerprint density at radius 3 is 1.29 bits per heavy atom. The maximum absolute atomic E-state index is 8.88. The van der Waals surface area contributed by atoms with E-state index in [1.54, 1.807) is 0 Å². The van der Waals surface area contributed by atoms with Crippen molar-refractivity contribution < 1.29 is 42.4 Å². The molecule has 3 N–H and O–H groups in total. The van der Waals surface area contributed by atoms with Crippen molar-refractivity contribution in [3.8, 4) is 0 Å². The largest absolute Gasteiger partial charge is 2.00 e.